The van der Waals surface area contributed by atoms with Gasteiger partial charge in [0.05, 0.1) is 22.4 Å². The number of para-hydroxylation sites is 1. The van der Waals surface area contributed by atoms with Crippen LogP contribution in [0.1, 0.15) is 16.2 Å². The Bertz CT molecular complexity index is 980. The van der Waals surface area contributed by atoms with E-state index < -0.39 is 16.0 Å². The third-order valence-electron chi connectivity index (χ3n) is 2.97. The Balaban J connectivity index is 1.69. The summed E-state index contributed by atoms with van der Waals surface area (Å²) in [5.41, 5.74) is 0.234. The predicted molar refractivity (Wildman–Crippen MR) is 91.6 cm³/mol. The average Bonchev–Trinajstić information content (AvgIpc) is 3.23. The molecule has 1 aromatic carbocycles. The Morgan fingerprint density at radius 2 is 2.08 bits per heavy atom. The first kappa shape index (κ1) is 17.1. The molecule has 0 radical (unpaired) electrons. The van der Waals surface area contributed by atoms with Gasteiger partial charge in [-0.1, -0.05) is 23.4 Å². The third kappa shape index (κ3) is 4.43. The van der Waals surface area contributed by atoms with Gasteiger partial charge in [0, 0.05) is 0 Å². The van der Waals surface area contributed by atoms with E-state index in [0.717, 1.165) is 11.1 Å². The highest BCUT2D eigenvalue weighted by Crippen LogP contribution is 2.23. The fourth-order valence-corrected chi connectivity index (χ4v) is 3.19. The molecule has 0 unspecified atom stereocenters. The van der Waals surface area contributed by atoms with Crippen LogP contribution < -0.4 is 4.72 Å². The van der Waals surface area contributed by atoms with E-state index in [1.807, 2.05) is 17.5 Å². The lowest BCUT2D eigenvalue weighted by atomic mass is 10.2. The molecule has 0 fully saturated rings. The van der Waals surface area contributed by atoms with Crippen molar-refractivity contribution in [2.24, 2.45) is 0 Å². The molecule has 3 aromatic rings. The number of hydrogen-bond acceptors (Lipinski definition) is 8. The van der Waals surface area contributed by atoms with Crippen LogP contribution in [0.4, 0.5) is 5.69 Å². The Kier molecular flexibility index (Phi) is 4.81. The monoisotopic (exact) mass is 379 g/mol. The number of nitrogens with zero attached hydrogens (tertiary/aromatic N) is 2. The molecule has 0 saturated heterocycles. The summed E-state index contributed by atoms with van der Waals surface area (Å²) < 4.78 is 35.3. The number of ether oxygens (including phenoxy) is 1. The molecule has 0 spiro atoms. The quantitative estimate of drug-likeness (QED) is 0.655. The third-order valence-corrected chi connectivity index (χ3v) is 4.42. The molecule has 8 nitrogen and oxygen atoms in total. The second-order valence-corrected chi connectivity index (χ2v) is 7.69. The second-order valence-electron chi connectivity index (χ2n) is 4.99. The van der Waals surface area contributed by atoms with Crippen molar-refractivity contribution in [3.8, 4) is 10.8 Å². The average molecular weight is 379 g/mol. The topological polar surface area (TPSA) is 111 Å². The number of anilines is 1. The van der Waals surface area contributed by atoms with Crippen molar-refractivity contribution in [3.05, 3.63) is 53.2 Å². The van der Waals surface area contributed by atoms with Gasteiger partial charge in [-0.05, 0) is 23.6 Å². The SMILES string of the molecule is CS(=O)(=O)Nc1ccccc1C(=O)OCc1noc(-c2cccs2)n1. The maximum atomic E-state index is 12.2. The number of benzene rings is 1. The fourth-order valence-electron chi connectivity index (χ4n) is 1.97. The van der Waals surface area contributed by atoms with Crippen LogP contribution in [-0.4, -0.2) is 30.8 Å². The van der Waals surface area contributed by atoms with E-state index in [1.165, 1.54) is 23.5 Å². The van der Waals surface area contributed by atoms with Gasteiger partial charge in [0.15, 0.2) is 6.61 Å². The normalized spacial score (nSPS) is 11.2. The number of hydrogen-bond donors (Lipinski definition) is 1. The fraction of sp³-hybridized carbons (Fsp3) is 0.133. The minimum atomic E-state index is -3.52. The zero-order chi connectivity index (χ0) is 17.9. The number of thiophene rings is 1. The van der Waals surface area contributed by atoms with Gasteiger partial charge in [0.1, 0.15) is 0 Å². The van der Waals surface area contributed by atoms with Gasteiger partial charge >= 0.3 is 5.97 Å². The van der Waals surface area contributed by atoms with Gasteiger partial charge in [0.25, 0.3) is 5.89 Å². The van der Waals surface area contributed by atoms with Crippen molar-refractivity contribution in [3.63, 3.8) is 0 Å². The molecule has 1 N–H and O–H groups in total. The summed E-state index contributed by atoms with van der Waals surface area (Å²) >= 11 is 1.45. The van der Waals surface area contributed by atoms with Crippen molar-refractivity contribution >= 4 is 33.0 Å². The van der Waals surface area contributed by atoms with Crippen molar-refractivity contribution in [2.75, 3.05) is 11.0 Å². The molecule has 0 aliphatic rings. The minimum absolute atomic E-state index is 0.0925. The van der Waals surface area contributed by atoms with Crippen LogP contribution in [0.3, 0.4) is 0 Å². The van der Waals surface area contributed by atoms with E-state index >= 15 is 0 Å². The molecule has 0 atom stereocenters. The van der Waals surface area contributed by atoms with Crippen LogP contribution in [0.15, 0.2) is 46.3 Å². The van der Waals surface area contributed by atoms with E-state index in [-0.39, 0.29) is 23.7 Å². The lowest BCUT2D eigenvalue weighted by Gasteiger charge is -2.09. The first-order chi connectivity index (χ1) is 11.9. The smallest absolute Gasteiger partial charge is 0.340 e. The van der Waals surface area contributed by atoms with Crippen LogP contribution in [0.25, 0.3) is 10.8 Å². The zero-order valence-electron chi connectivity index (χ0n) is 13.0. The highest BCUT2D eigenvalue weighted by Gasteiger charge is 2.17. The molecule has 0 saturated carbocycles. The molecular formula is C15H13N3O5S2. The van der Waals surface area contributed by atoms with Crippen molar-refractivity contribution in [2.45, 2.75) is 6.61 Å². The Morgan fingerprint density at radius 1 is 1.28 bits per heavy atom. The van der Waals surface area contributed by atoms with E-state index in [0.29, 0.717) is 5.89 Å². The van der Waals surface area contributed by atoms with Crippen LogP contribution >= 0.6 is 11.3 Å². The van der Waals surface area contributed by atoms with E-state index in [9.17, 15) is 13.2 Å². The molecule has 0 aliphatic carbocycles. The van der Waals surface area contributed by atoms with Crippen molar-refractivity contribution < 1.29 is 22.5 Å². The number of sulfonamides is 1. The van der Waals surface area contributed by atoms with Crippen molar-refractivity contribution in [1.82, 2.24) is 10.1 Å². The molecular weight excluding hydrogens is 366 g/mol. The number of carbonyl (C=O) groups excluding carboxylic acids is 1. The Labute approximate surface area is 147 Å². The van der Waals surface area contributed by atoms with Gasteiger partial charge in [0.2, 0.25) is 15.8 Å². The summed E-state index contributed by atoms with van der Waals surface area (Å²) in [5.74, 6) is -0.139. The first-order valence-electron chi connectivity index (χ1n) is 7.03. The molecule has 25 heavy (non-hydrogen) atoms. The number of esters is 1. The summed E-state index contributed by atoms with van der Waals surface area (Å²) in [4.78, 5) is 17.2. The summed E-state index contributed by atoms with van der Waals surface area (Å²) in [6.45, 7) is -0.194. The minimum Gasteiger partial charge on any atom is -0.454 e. The largest absolute Gasteiger partial charge is 0.454 e. The predicted octanol–water partition coefficient (Wildman–Crippen LogP) is 2.53. The van der Waals surface area contributed by atoms with Gasteiger partial charge < -0.3 is 9.26 Å². The second kappa shape index (κ2) is 7.03. The lowest BCUT2D eigenvalue weighted by molar-refractivity contribution is 0.0461. The highest BCUT2D eigenvalue weighted by molar-refractivity contribution is 7.92. The summed E-state index contributed by atoms with van der Waals surface area (Å²) in [5, 5.41) is 5.63. The van der Waals surface area contributed by atoms with E-state index in [2.05, 4.69) is 14.9 Å². The van der Waals surface area contributed by atoms with Crippen LogP contribution in [0.5, 0.6) is 0 Å². The maximum Gasteiger partial charge on any atom is 0.340 e. The highest BCUT2D eigenvalue weighted by atomic mass is 32.2. The Morgan fingerprint density at radius 3 is 2.80 bits per heavy atom. The molecule has 0 amide bonds. The number of aromatic nitrogens is 2. The van der Waals surface area contributed by atoms with E-state index in [4.69, 9.17) is 9.26 Å². The van der Waals surface area contributed by atoms with Crippen molar-refractivity contribution in [1.29, 1.82) is 0 Å². The lowest BCUT2D eigenvalue weighted by Crippen LogP contribution is -2.14. The number of carbonyl (C=O) groups is 1. The molecule has 2 aromatic heterocycles. The Hall–Kier alpha value is -2.72. The van der Waals surface area contributed by atoms with Crippen LogP contribution in [-0.2, 0) is 21.4 Å². The molecule has 0 bridgehead atoms. The number of nitrogens with one attached hydrogen (secondary N) is 1. The van der Waals surface area contributed by atoms with Gasteiger partial charge in [-0.25, -0.2) is 13.2 Å². The summed E-state index contributed by atoms with van der Waals surface area (Å²) in [7, 11) is -3.52. The first-order valence-corrected chi connectivity index (χ1v) is 9.80. The summed E-state index contributed by atoms with van der Waals surface area (Å²) in [6.07, 6.45) is 1.00. The van der Waals surface area contributed by atoms with Gasteiger partial charge in [-0.15, -0.1) is 11.3 Å². The van der Waals surface area contributed by atoms with Gasteiger partial charge in [-0.3, -0.25) is 4.72 Å². The number of rotatable bonds is 6. The molecule has 0 aliphatic heterocycles. The summed E-state index contributed by atoms with van der Waals surface area (Å²) in [6, 6.07) is 9.84. The molecule has 2 heterocycles. The zero-order valence-corrected chi connectivity index (χ0v) is 14.6. The van der Waals surface area contributed by atoms with Gasteiger partial charge in [-0.2, -0.15) is 4.98 Å². The van der Waals surface area contributed by atoms with E-state index in [1.54, 1.807) is 12.1 Å². The standard InChI is InChI=1S/C15H13N3O5S2/c1-25(20,21)18-11-6-3-2-5-10(11)15(19)22-9-13-16-14(23-17-13)12-7-4-8-24-12/h2-8,18H,9H2,1H3. The molecule has 130 valence electrons. The van der Waals surface area contributed by atoms with Crippen LogP contribution in [0.2, 0.25) is 0 Å². The maximum absolute atomic E-state index is 12.2. The molecule has 3 rings (SSSR count). The molecule has 10 heteroatoms. The van der Waals surface area contributed by atoms with Crippen LogP contribution in [0, 0.1) is 0 Å².